The van der Waals surface area contributed by atoms with Gasteiger partial charge in [0.1, 0.15) is 5.82 Å². The van der Waals surface area contributed by atoms with Gasteiger partial charge in [-0.2, -0.15) is 0 Å². The van der Waals surface area contributed by atoms with Gasteiger partial charge in [0.25, 0.3) is 5.91 Å². The monoisotopic (exact) mass is 315 g/mol. The van der Waals surface area contributed by atoms with Crippen molar-refractivity contribution in [2.75, 3.05) is 0 Å². The van der Waals surface area contributed by atoms with Crippen LogP contribution in [0, 0.1) is 11.2 Å². The highest BCUT2D eigenvalue weighted by atomic mass is 79.9. The second kappa shape index (κ2) is 4.63. The van der Waals surface area contributed by atoms with Crippen molar-refractivity contribution in [3.8, 4) is 0 Å². The van der Waals surface area contributed by atoms with Gasteiger partial charge < -0.3 is 10.4 Å². The molecule has 1 aromatic carbocycles. The van der Waals surface area contributed by atoms with Crippen molar-refractivity contribution in [3.05, 3.63) is 34.1 Å². The third-order valence-electron chi connectivity index (χ3n) is 3.69. The molecule has 3 nitrogen and oxygen atoms in total. The van der Waals surface area contributed by atoms with Crippen LogP contribution in [0.15, 0.2) is 22.7 Å². The number of carbonyl (C=O) groups excluding carboxylic acids is 1. The van der Waals surface area contributed by atoms with Crippen LogP contribution in [-0.2, 0) is 0 Å². The van der Waals surface area contributed by atoms with E-state index in [1.165, 1.54) is 18.2 Å². The van der Waals surface area contributed by atoms with Crippen molar-refractivity contribution in [2.45, 2.75) is 32.4 Å². The van der Waals surface area contributed by atoms with Gasteiger partial charge in [0, 0.05) is 15.9 Å². The summed E-state index contributed by atoms with van der Waals surface area (Å²) in [4.78, 5) is 12.0. The average Bonchev–Trinajstić information content (AvgIpc) is 2.31. The normalized spacial score (nSPS) is 25.4. The Kier molecular flexibility index (Phi) is 3.47. The van der Waals surface area contributed by atoms with Gasteiger partial charge in [-0.05, 0) is 40.5 Å². The molecule has 0 unspecified atom stereocenters. The number of halogens is 2. The van der Waals surface area contributed by atoms with Crippen LogP contribution in [0.3, 0.4) is 0 Å². The van der Waals surface area contributed by atoms with Crippen LogP contribution in [0.1, 0.15) is 30.6 Å². The smallest absolute Gasteiger partial charge is 0.252 e. The third kappa shape index (κ3) is 2.29. The summed E-state index contributed by atoms with van der Waals surface area (Å²) in [6.45, 7) is 3.79. The van der Waals surface area contributed by atoms with Gasteiger partial charge in [-0.3, -0.25) is 4.79 Å². The molecule has 1 fully saturated rings. The van der Waals surface area contributed by atoms with E-state index >= 15 is 0 Å². The topological polar surface area (TPSA) is 49.3 Å². The van der Waals surface area contributed by atoms with Crippen LogP contribution in [-0.4, -0.2) is 23.2 Å². The molecule has 2 N–H and O–H groups in total. The maximum Gasteiger partial charge on any atom is 0.252 e. The number of rotatable bonds is 2. The Labute approximate surface area is 114 Å². The van der Waals surface area contributed by atoms with Gasteiger partial charge in [0.15, 0.2) is 0 Å². The molecule has 1 saturated carbocycles. The number of aliphatic hydroxyl groups is 1. The molecule has 2 rings (SSSR count). The Morgan fingerprint density at radius 1 is 1.56 bits per heavy atom. The van der Waals surface area contributed by atoms with Gasteiger partial charge in [-0.25, -0.2) is 4.39 Å². The lowest BCUT2D eigenvalue weighted by atomic mass is 9.64. The highest BCUT2D eigenvalue weighted by Gasteiger charge is 2.48. The van der Waals surface area contributed by atoms with Gasteiger partial charge >= 0.3 is 0 Å². The molecule has 0 heterocycles. The van der Waals surface area contributed by atoms with Gasteiger partial charge in [0.2, 0.25) is 0 Å². The minimum absolute atomic E-state index is 0.0878. The molecule has 0 aromatic heterocycles. The standard InChI is InChI=1S/C13H15BrFNO2/c1-13(2)10(6-11(13)17)16-12(18)8-5-7(15)3-4-9(8)14/h3-5,10-11,17H,6H2,1-2H3,(H,16,18)/t10-,11-/m0/s1. The number of nitrogens with one attached hydrogen (secondary N) is 1. The van der Waals surface area contributed by atoms with E-state index in [9.17, 15) is 14.3 Å². The molecule has 0 spiro atoms. The number of aliphatic hydroxyl groups excluding tert-OH is 1. The summed E-state index contributed by atoms with van der Waals surface area (Å²) in [5.41, 5.74) is -0.0673. The minimum Gasteiger partial charge on any atom is -0.392 e. The fourth-order valence-electron chi connectivity index (χ4n) is 2.05. The fraction of sp³-hybridized carbons (Fsp3) is 0.462. The maximum absolute atomic E-state index is 13.1. The maximum atomic E-state index is 13.1. The Bertz CT molecular complexity index is 490. The molecule has 98 valence electrons. The zero-order valence-corrected chi connectivity index (χ0v) is 11.8. The van der Waals surface area contributed by atoms with E-state index < -0.39 is 11.9 Å². The number of benzene rings is 1. The first kappa shape index (κ1) is 13.5. The molecule has 0 bridgehead atoms. The van der Waals surface area contributed by atoms with Crippen molar-refractivity contribution in [3.63, 3.8) is 0 Å². The number of amides is 1. The summed E-state index contributed by atoms with van der Waals surface area (Å²) in [6.07, 6.45) is 0.129. The summed E-state index contributed by atoms with van der Waals surface area (Å²) in [5.74, 6) is -0.775. The van der Waals surface area contributed by atoms with Crippen LogP contribution < -0.4 is 5.32 Å². The molecule has 1 aromatic rings. The molecule has 1 amide bonds. The quantitative estimate of drug-likeness (QED) is 0.881. The summed E-state index contributed by atoms with van der Waals surface area (Å²) in [5, 5.41) is 12.4. The van der Waals surface area contributed by atoms with Crippen LogP contribution in [0.25, 0.3) is 0 Å². The second-order valence-electron chi connectivity index (χ2n) is 5.22. The Morgan fingerprint density at radius 3 is 2.78 bits per heavy atom. The Balaban J connectivity index is 2.12. The van der Waals surface area contributed by atoms with E-state index in [0.29, 0.717) is 10.9 Å². The average molecular weight is 316 g/mol. The van der Waals surface area contributed by atoms with Crippen molar-refractivity contribution in [1.82, 2.24) is 5.32 Å². The molecule has 1 aliphatic carbocycles. The second-order valence-corrected chi connectivity index (χ2v) is 6.08. The molecular weight excluding hydrogens is 301 g/mol. The van der Waals surface area contributed by atoms with Crippen LogP contribution in [0.4, 0.5) is 4.39 Å². The highest BCUT2D eigenvalue weighted by molar-refractivity contribution is 9.10. The van der Waals surface area contributed by atoms with Crippen molar-refractivity contribution in [2.24, 2.45) is 5.41 Å². The molecule has 5 heteroatoms. The van der Waals surface area contributed by atoms with Crippen LogP contribution in [0.5, 0.6) is 0 Å². The summed E-state index contributed by atoms with van der Waals surface area (Å²) in [6, 6.07) is 3.90. The Hall–Kier alpha value is -0.940. The molecule has 0 radical (unpaired) electrons. The van der Waals surface area contributed by atoms with Crippen molar-refractivity contribution < 1.29 is 14.3 Å². The molecule has 0 aliphatic heterocycles. The minimum atomic E-state index is -0.448. The van der Waals surface area contributed by atoms with Gasteiger partial charge in [0.05, 0.1) is 11.7 Å². The van der Waals surface area contributed by atoms with E-state index in [-0.39, 0.29) is 22.9 Å². The van der Waals surface area contributed by atoms with Crippen LogP contribution >= 0.6 is 15.9 Å². The first-order valence-corrected chi connectivity index (χ1v) is 6.55. The van der Waals surface area contributed by atoms with Gasteiger partial charge in [-0.1, -0.05) is 13.8 Å². The Morgan fingerprint density at radius 2 is 2.22 bits per heavy atom. The zero-order chi connectivity index (χ0) is 13.5. The predicted octanol–water partition coefficient (Wildman–Crippen LogP) is 2.48. The zero-order valence-electron chi connectivity index (χ0n) is 10.2. The van der Waals surface area contributed by atoms with Gasteiger partial charge in [-0.15, -0.1) is 0 Å². The predicted molar refractivity (Wildman–Crippen MR) is 69.8 cm³/mol. The summed E-state index contributed by atoms with van der Waals surface area (Å²) >= 11 is 3.22. The number of hydrogen-bond donors (Lipinski definition) is 2. The largest absolute Gasteiger partial charge is 0.392 e. The van der Waals surface area contributed by atoms with Crippen molar-refractivity contribution >= 4 is 21.8 Å². The van der Waals surface area contributed by atoms with Crippen molar-refractivity contribution in [1.29, 1.82) is 0 Å². The number of carbonyl (C=O) groups is 1. The number of hydrogen-bond acceptors (Lipinski definition) is 2. The lowest BCUT2D eigenvalue weighted by Gasteiger charge is -2.49. The van der Waals surface area contributed by atoms with E-state index in [2.05, 4.69) is 21.2 Å². The van der Waals surface area contributed by atoms with E-state index in [1.54, 1.807) is 0 Å². The highest BCUT2D eigenvalue weighted by Crippen LogP contribution is 2.40. The summed E-state index contributed by atoms with van der Waals surface area (Å²) < 4.78 is 13.7. The third-order valence-corrected chi connectivity index (χ3v) is 4.39. The van der Waals surface area contributed by atoms with E-state index in [1.807, 2.05) is 13.8 Å². The van der Waals surface area contributed by atoms with Crippen LogP contribution in [0.2, 0.25) is 0 Å². The SMILES string of the molecule is CC1(C)[C@@H](NC(=O)c2cc(F)ccc2Br)C[C@@H]1O. The first-order chi connectivity index (χ1) is 8.32. The lowest BCUT2D eigenvalue weighted by molar-refractivity contribution is -0.0689. The summed E-state index contributed by atoms with van der Waals surface area (Å²) in [7, 11) is 0. The molecule has 2 atom stereocenters. The molecular formula is C13H15BrFNO2. The van der Waals surface area contributed by atoms with E-state index in [0.717, 1.165) is 0 Å². The lowest BCUT2D eigenvalue weighted by Crippen LogP contribution is -2.61. The molecule has 18 heavy (non-hydrogen) atoms. The van der Waals surface area contributed by atoms with E-state index in [4.69, 9.17) is 0 Å². The first-order valence-electron chi connectivity index (χ1n) is 5.76. The molecule has 1 aliphatic rings. The molecule has 0 saturated heterocycles. The fourth-order valence-corrected chi connectivity index (χ4v) is 2.48.